The zero-order chi connectivity index (χ0) is 11.3. The molecule has 5 heteroatoms. The molecule has 1 aromatic carbocycles. The Labute approximate surface area is 91.8 Å². The number of rotatable bonds is 4. The summed E-state index contributed by atoms with van der Waals surface area (Å²) in [6, 6.07) is 4.53. The van der Waals surface area contributed by atoms with Gasteiger partial charge in [0.25, 0.3) is 0 Å². The maximum Gasteiger partial charge on any atom is 0.315 e. The van der Waals surface area contributed by atoms with Crippen LogP contribution in [0.5, 0.6) is 0 Å². The summed E-state index contributed by atoms with van der Waals surface area (Å²) in [6.07, 6.45) is 0. The highest BCUT2D eigenvalue weighted by Gasteiger charge is 2.05. The molecular formula is C10H12FNO2S. The third-order valence-corrected chi connectivity index (χ3v) is 2.74. The predicted molar refractivity (Wildman–Crippen MR) is 59.0 cm³/mol. The van der Waals surface area contributed by atoms with Gasteiger partial charge in [0.05, 0.1) is 12.9 Å². The van der Waals surface area contributed by atoms with Crippen LogP contribution >= 0.6 is 11.8 Å². The van der Waals surface area contributed by atoms with Crippen LogP contribution in [0.1, 0.15) is 5.56 Å². The van der Waals surface area contributed by atoms with E-state index in [2.05, 4.69) is 4.74 Å². The summed E-state index contributed by atoms with van der Waals surface area (Å²) in [7, 11) is 1.33. The Bertz CT molecular complexity index is 357. The zero-order valence-corrected chi connectivity index (χ0v) is 9.14. The number of methoxy groups -OCH3 is 1. The van der Waals surface area contributed by atoms with Crippen molar-refractivity contribution in [1.29, 1.82) is 0 Å². The lowest BCUT2D eigenvalue weighted by Gasteiger charge is -2.03. The number of carbonyl (C=O) groups excluding carboxylic acids is 1. The van der Waals surface area contributed by atoms with E-state index in [0.29, 0.717) is 17.0 Å². The van der Waals surface area contributed by atoms with Gasteiger partial charge in [0, 0.05) is 11.4 Å². The largest absolute Gasteiger partial charge is 0.468 e. The van der Waals surface area contributed by atoms with Gasteiger partial charge in [-0.3, -0.25) is 4.79 Å². The normalized spacial score (nSPS) is 10.0. The van der Waals surface area contributed by atoms with Gasteiger partial charge in [-0.25, -0.2) is 4.39 Å². The van der Waals surface area contributed by atoms with E-state index in [1.54, 1.807) is 12.1 Å². The maximum absolute atomic E-state index is 13.2. The topological polar surface area (TPSA) is 52.3 Å². The van der Waals surface area contributed by atoms with Gasteiger partial charge in [-0.2, -0.15) is 0 Å². The van der Waals surface area contributed by atoms with Crippen molar-refractivity contribution in [3.63, 3.8) is 0 Å². The van der Waals surface area contributed by atoms with Crippen molar-refractivity contribution in [3.05, 3.63) is 29.6 Å². The Hall–Kier alpha value is -1.23. The minimum Gasteiger partial charge on any atom is -0.468 e. The first-order chi connectivity index (χ1) is 7.13. The van der Waals surface area contributed by atoms with Crippen LogP contribution in [0.25, 0.3) is 0 Å². The van der Waals surface area contributed by atoms with Gasteiger partial charge in [-0.15, -0.1) is 11.8 Å². The minimum absolute atomic E-state index is 0.223. The number of anilines is 1. The molecule has 82 valence electrons. The molecule has 0 unspecified atom stereocenters. The molecule has 0 saturated heterocycles. The second kappa shape index (κ2) is 5.60. The van der Waals surface area contributed by atoms with Crippen molar-refractivity contribution >= 4 is 23.4 Å². The molecule has 0 spiro atoms. The third-order valence-electron chi connectivity index (χ3n) is 1.78. The molecule has 0 fully saturated rings. The molecule has 0 heterocycles. The molecule has 0 aliphatic heterocycles. The van der Waals surface area contributed by atoms with Crippen molar-refractivity contribution in [2.75, 3.05) is 18.6 Å². The van der Waals surface area contributed by atoms with Crippen LogP contribution in [0, 0.1) is 5.82 Å². The molecule has 1 aromatic rings. The van der Waals surface area contributed by atoms with Gasteiger partial charge in [0.1, 0.15) is 5.82 Å². The van der Waals surface area contributed by atoms with Crippen molar-refractivity contribution in [2.45, 2.75) is 5.75 Å². The Balaban J connectivity index is 2.47. The molecule has 0 radical (unpaired) electrons. The molecule has 2 N–H and O–H groups in total. The van der Waals surface area contributed by atoms with Crippen molar-refractivity contribution in [2.24, 2.45) is 0 Å². The smallest absolute Gasteiger partial charge is 0.315 e. The fourth-order valence-electron chi connectivity index (χ4n) is 0.984. The van der Waals surface area contributed by atoms with E-state index >= 15 is 0 Å². The summed E-state index contributed by atoms with van der Waals surface area (Å²) in [5.74, 6) is 0.00450. The highest BCUT2D eigenvalue weighted by atomic mass is 32.2. The predicted octanol–water partition coefficient (Wildman–Crippen LogP) is 1.81. The second-order valence-electron chi connectivity index (χ2n) is 2.92. The molecule has 15 heavy (non-hydrogen) atoms. The fraction of sp³-hybridized carbons (Fsp3) is 0.300. The van der Waals surface area contributed by atoms with Gasteiger partial charge in [0.15, 0.2) is 0 Å². The lowest BCUT2D eigenvalue weighted by Crippen LogP contribution is -2.03. The maximum atomic E-state index is 13.2. The van der Waals surface area contributed by atoms with Crippen LogP contribution in [0.3, 0.4) is 0 Å². The number of hydrogen-bond acceptors (Lipinski definition) is 4. The van der Waals surface area contributed by atoms with E-state index < -0.39 is 0 Å². The Morgan fingerprint density at radius 1 is 1.60 bits per heavy atom. The summed E-state index contributed by atoms with van der Waals surface area (Å²) < 4.78 is 17.7. The van der Waals surface area contributed by atoms with Crippen LogP contribution in [0.15, 0.2) is 18.2 Å². The standard InChI is InChI=1S/C10H12FNO2S/c1-14-10(13)6-15-5-7-2-3-8(12)4-9(7)11/h2-4H,5-6,12H2,1H3. The summed E-state index contributed by atoms with van der Waals surface area (Å²) in [5.41, 5.74) is 6.34. The monoisotopic (exact) mass is 229 g/mol. The number of benzene rings is 1. The molecule has 0 amide bonds. The number of halogens is 1. The van der Waals surface area contributed by atoms with Crippen LogP contribution in [-0.4, -0.2) is 18.8 Å². The lowest BCUT2D eigenvalue weighted by molar-refractivity contribution is -0.137. The molecule has 1 rings (SSSR count). The number of thioether (sulfide) groups is 1. The summed E-state index contributed by atoms with van der Waals surface area (Å²) >= 11 is 1.30. The Kier molecular flexibility index (Phi) is 4.42. The van der Waals surface area contributed by atoms with Crippen LogP contribution in [-0.2, 0) is 15.3 Å². The number of esters is 1. The SMILES string of the molecule is COC(=O)CSCc1ccc(N)cc1F. The summed E-state index contributed by atoms with van der Waals surface area (Å²) in [5, 5.41) is 0. The van der Waals surface area contributed by atoms with Gasteiger partial charge in [-0.1, -0.05) is 6.07 Å². The van der Waals surface area contributed by atoms with Gasteiger partial charge >= 0.3 is 5.97 Å². The second-order valence-corrected chi connectivity index (χ2v) is 3.91. The number of ether oxygens (including phenoxy) is 1. The van der Waals surface area contributed by atoms with E-state index in [9.17, 15) is 9.18 Å². The zero-order valence-electron chi connectivity index (χ0n) is 8.33. The van der Waals surface area contributed by atoms with Crippen LogP contribution in [0.2, 0.25) is 0 Å². The molecular weight excluding hydrogens is 217 g/mol. The third kappa shape index (κ3) is 3.79. The van der Waals surface area contributed by atoms with Gasteiger partial charge < -0.3 is 10.5 Å². The van der Waals surface area contributed by atoms with Gasteiger partial charge in [0.2, 0.25) is 0 Å². The quantitative estimate of drug-likeness (QED) is 0.632. The van der Waals surface area contributed by atoms with Crippen LogP contribution in [0.4, 0.5) is 10.1 Å². The summed E-state index contributed by atoms with van der Waals surface area (Å²) in [4.78, 5) is 10.8. The summed E-state index contributed by atoms with van der Waals surface area (Å²) in [6.45, 7) is 0. The van der Waals surface area contributed by atoms with Gasteiger partial charge in [-0.05, 0) is 17.7 Å². The van der Waals surface area contributed by atoms with E-state index in [0.717, 1.165) is 0 Å². The van der Waals surface area contributed by atoms with E-state index in [-0.39, 0.29) is 17.5 Å². The molecule has 3 nitrogen and oxygen atoms in total. The van der Waals surface area contributed by atoms with Crippen LogP contribution < -0.4 is 5.73 Å². The fourth-order valence-corrected chi connectivity index (χ4v) is 1.82. The van der Waals surface area contributed by atoms with E-state index in [1.165, 1.54) is 24.9 Å². The highest BCUT2D eigenvalue weighted by Crippen LogP contribution is 2.17. The first-order valence-corrected chi connectivity index (χ1v) is 5.47. The van der Waals surface area contributed by atoms with E-state index in [1.807, 2.05) is 0 Å². The molecule has 0 aliphatic carbocycles. The average molecular weight is 229 g/mol. The highest BCUT2D eigenvalue weighted by molar-refractivity contribution is 7.99. The number of nitrogen functional groups attached to an aromatic ring is 1. The number of hydrogen-bond donors (Lipinski definition) is 1. The lowest BCUT2D eigenvalue weighted by atomic mass is 10.2. The molecule has 0 atom stereocenters. The van der Waals surface area contributed by atoms with Crippen molar-refractivity contribution in [3.8, 4) is 0 Å². The first-order valence-electron chi connectivity index (χ1n) is 4.32. The molecule has 0 aliphatic rings. The van der Waals surface area contributed by atoms with E-state index in [4.69, 9.17) is 5.73 Å². The molecule has 0 aromatic heterocycles. The first kappa shape index (κ1) is 11.8. The molecule has 0 bridgehead atoms. The average Bonchev–Trinajstić information content (AvgIpc) is 2.21. The number of nitrogens with two attached hydrogens (primary N) is 1. The van der Waals surface area contributed by atoms with Crippen molar-refractivity contribution in [1.82, 2.24) is 0 Å². The Morgan fingerprint density at radius 2 is 2.33 bits per heavy atom. The van der Waals surface area contributed by atoms with Crippen molar-refractivity contribution < 1.29 is 13.9 Å². The molecule has 0 saturated carbocycles. The Morgan fingerprint density at radius 3 is 2.93 bits per heavy atom. The number of carbonyl (C=O) groups is 1. The minimum atomic E-state index is -0.340.